The van der Waals surface area contributed by atoms with Gasteiger partial charge in [-0.15, -0.1) is 6.58 Å². The first-order chi connectivity index (χ1) is 10.8. The van der Waals surface area contributed by atoms with Crippen molar-refractivity contribution in [1.82, 2.24) is 10.2 Å². The molecule has 0 spiro atoms. The molecule has 3 nitrogen and oxygen atoms in total. The molecule has 0 amide bonds. The van der Waals surface area contributed by atoms with E-state index < -0.39 is 0 Å². The van der Waals surface area contributed by atoms with E-state index in [1.165, 1.54) is 12.8 Å². The van der Waals surface area contributed by atoms with E-state index in [-0.39, 0.29) is 0 Å². The minimum absolute atomic E-state index is 0.589. The molecule has 0 saturated carbocycles. The van der Waals surface area contributed by atoms with Crippen LogP contribution in [0.2, 0.25) is 0 Å². The zero-order valence-corrected chi connectivity index (χ0v) is 13.0. The summed E-state index contributed by atoms with van der Waals surface area (Å²) < 4.78 is 5.93. The van der Waals surface area contributed by atoms with Crippen LogP contribution < -0.4 is 5.32 Å². The van der Waals surface area contributed by atoms with Crippen LogP contribution in [0.5, 0.6) is 0 Å². The first kappa shape index (κ1) is 15.1. The maximum absolute atomic E-state index is 5.93. The van der Waals surface area contributed by atoms with E-state index in [1.807, 2.05) is 24.3 Å². The summed E-state index contributed by atoms with van der Waals surface area (Å²) in [5, 5.41) is 3.62. The molecule has 0 atom stereocenters. The lowest BCUT2D eigenvalue weighted by atomic mass is 10.1. The Morgan fingerprint density at radius 2 is 1.91 bits per heavy atom. The second-order valence-electron chi connectivity index (χ2n) is 5.88. The Kier molecular flexibility index (Phi) is 5.09. The van der Waals surface area contributed by atoms with Gasteiger partial charge in [-0.2, -0.15) is 0 Å². The summed E-state index contributed by atoms with van der Waals surface area (Å²) in [6.07, 6.45) is 4.38. The van der Waals surface area contributed by atoms with E-state index in [2.05, 4.69) is 41.1 Å². The largest absolute Gasteiger partial charge is 0.460 e. The molecule has 116 valence electrons. The molecule has 1 aromatic carbocycles. The van der Waals surface area contributed by atoms with Crippen molar-refractivity contribution in [2.24, 2.45) is 0 Å². The number of nitrogens with zero attached hydrogens (tertiary/aromatic N) is 1. The molecule has 2 aromatic rings. The number of piperidine rings is 1. The van der Waals surface area contributed by atoms with Crippen molar-refractivity contribution >= 4 is 0 Å². The normalized spacial score (nSPS) is 16.7. The molecule has 2 heterocycles. The van der Waals surface area contributed by atoms with E-state index in [0.29, 0.717) is 6.04 Å². The molecule has 22 heavy (non-hydrogen) atoms. The van der Waals surface area contributed by atoms with Crippen LogP contribution in [0.15, 0.2) is 59.5 Å². The van der Waals surface area contributed by atoms with Gasteiger partial charge in [0, 0.05) is 18.2 Å². The van der Waals surface area contributed by atoms with Gasteiger partial charge in [0.25, 0.3) is 0 Å². The van der Waals surface area contributed by atoms with Crippen LogP contribution in [0, 0.1) is 0 Å². The van der Waals surface area contributed by atoms with Crippen LogP contribution in [-0.4, -0.2) is 30.6 Å². The van der Waals surface area contributed by atoms with Crippen molar-refractivity contribution in [3.63, 3.8) is 0 Å². The third-order valence-electron chi connectivity index (χ3n) is 4.26. The van der Waals surface area contributed by atoms with Crippen LogP contribution in [-0.2, 0) is 6.54 Å². The minimum atomic E-state index is 0.589. The van der Waals surface area contributed by atoms with Crippen LogP contribution in [0.1, 0.15) is 18.6 Å². The third kappa shape index (κ3) is 3.87. The second kappa shape index (κ2) is 7.43. The standard InChI is InChI=1S/C19H24N2O/c1-2-12-21-13-10-17(11-14-21)20-15-18-8-9-19(22-18)16-6-4-3-5-7-16/h2-9,17,20H,1,10-15H2. The van der Waals surface area contributed by atoms with Gasteiger partial charge < -0.3 is 9.73 Å². The molecular formula is C19H24N2O. The summed E-state index contributed by atoms with van der Waals surface area (Å²) in [7, 11) is 0. The van der Waals surface area contributed by atoms with E-state index in [0.717, 1.165) is 43.3 Å². The molecule has 1 aliphatic rings. The first-order valence-corrected chi connectivity index (χ1v) is 8.06. The van der Waals surface area contributed by atoms with Crippen molar-refractivity contribution in [3.8, 4) is 11.3 Å². The van der Waals surface area contributed by atoms with Gasteiger partial charge in [0.05, 0.1) is 6.54 Å². The maximum atomic E-state index is 5.93. The zero-order valence-electron chi connectivity index (χ0n) is 13.0. The van der Waals surface area contributed by atoms with Gasteiger partial charge in [0.15, 0.2) is 0 Å². The van der Waals surface area contributed by atoms with Crippen molar-refractivity contribution in [2.75, 3.05) is 19.6 Å². The lowest BCUT2D eigenvalue weighted by molar-refractivity contribution is 0.213. The Morgan fingerprint density at radius 3 is 2.64 bits per heavy atom. The summed E-state index contributed by atoms with van der Waals surface area (Å²) in [6, 6.07) is 15.0. The summed E-state index contributed by atoms with van der Waals surface area (Å²) in [5.41, 5.74) is 1.13. The number of hydrogen-bond acceptors (Lipinski definition) is 3. The molecule has 1 saturated heterocycles. The Morgan fingerprint density at radius 1 is 1.14 bits per heavy atom. The Labute approximate surface area is 132 Å². The number of likely N-dealkylation sites (tertiary alicyclic amines) is 1. The van der Waals surface area contributed by atoms with Gasteiger partial charge in [-0.3, -0.25) is 4.90 Å². The van der Waals surface area contributed by atoms with Crippen LogP contribution >= 0.6 is 0 Å². The number of rotatable bonds is 6. The zero-order chi connectivity index (χ0) is 15.2. The Hall–Kier alpha value is -1.84. The van der Waals surface area contributed by atoms with Gasteiger partial charge in [-0.1, -0.05) is 36.4 Å². The highest BCUT2D eigenvalue weighted by atomic mass is 16.3. The van der Waals surface area contributed by atoms with E-state index in [4.69, 9.17) is 4.42 Å². The highest BCUT2D eigenvalue weighted by Gasteiger charge is 2.18. The molecule has 3 rings (SSSR count). The van der Waals surface area contributed by atoms with Crippen LogP contribution in [0.25, 0.3) is 11.3 Å². The minimum Gasteiger partial charge on any atom is -0.460 e. The van der Waals surface area contributed by atoms with Crippen molar-refractivity contribution in [1.29, 1.82) is 0 Å². The predicted octanol–water partition coefficient (Wildman–Crippen LogP) is 3.69. The molecule has 1 aliphatic heterocycles. The lowest BCUT2D eigenvalue weighted by Gasteiger charge is -2.31. The van der Waals surface area contributed by atoms with Gasteiger partial charge in [0.1, 0.15) is 11.5 Å². The van der Waals surface area contributed by atoms with Crippen LogP contribution in [0.4, 0.5) is 0 Å². The molecule has 0 bridgehead atoms. The van der Waals surface area contributed by atoms with Crippen LogP contribution in [0.3, 0.4) is 0 Å². The summed E-state index contributed by atoms with van der Waals surface area (Å²) in [6.45, 7) is 7.92. The quantitative estimate of drug-likeness (QED) is 0.824. The average molecular weight is 296 g/mol. The molecular weight excluding hydrogens is 272 g/mol. The first-order valence-electron chi connectivity index (χ1n) is 8.06. The predicted molar refractivity (Wildman–Crippen MR) is 90.6 cm³/mol. The highest BCUT2D eigenvalue weighted by molar-refractivity contribution is 5.57. The van der Waals surface area contributed by atoms with Crippen molar-refractivity contribution < 1.29 is 4.42 Å². The fraction of sp³-hybridized carbons (Fsp3) is 0.368. The lowest BCUT2D eigenvalue weighted by Crippen LogP contribution is -2.42. The average Bonchev–Trinajstić information content (AvgIpc) is 3.04. The molecule has 0 aliphatic carbocycles. The Bertz CT molecular complexity index is 582. The number of hydrogen-bond donors (Lipinski definition) is 1. The smallest absolute Gasteiger partial charge is 0.134 e. The molecule has 1 aromatic heterocycles. The fourth-order valence-electron chi connectivity index (χ4n) is 2.98. The van der Waals surface area contributed by atoms with Gasteiger partial charge in [-0.05, 0) is 38.1 Å². The van der Waals surface area contributed by atoms with Gasteiger partial charge in [-0.25, -0.2) is 0 Å². The molecule has 0 unspecified atom stereocenters. The highest BCUT2D eigenvalue weighted by Crippen LogP contribution is 2.22. The summed E-state index contributed by atoms with van der Waals surface area (Å²) >= 11 is 0. The second-order valence-corrected chi connectivity index (χ2v) is 5.88. The maximum Gasteiger partial charge on any atom is 0.134 e. The van der Waals surface area contributed by atoms with Gasteiger partial charge >= 0.3 is 0 Å². The molecule has 3 heteroatoms. The monoisotopic (exact) mass is 296 g/mol. The third-order valence-corrected chi connectivity index (χ3v) is 4.26. The fourth-order valence-corrected chi connectivity index (χ4v) is 2.98. The number of furan rings is 1. The Balaban J connectivity index is 1.49. The van der Waals surface area contributed by atoms with Crippen molar-refractivity contribution in [3.05, 3.63) is 60.9 Å². The molecule has 1 fully saturated rings. The SMILES string of the molecule is C=CCN1CCC(NCc2ccc(-c3ccccc3)o2)CC1. The molecule has 0 radical (unpaired) electrons. The van der Waals surface area contributed by atoms with E-state index >= 15 is 0 Å². The van der Waals surface area contributed by atoms with Gasteiger partial charge in [0.2, 0.25) is 0 Å². The topological polar surface area (TPSA) is 28.4 Å². The van der Waals surface area contributed by atoms with Crippen molar-refractivity contribution in [2.45, 2.75) is 25.4 Å². The number of nitrogens with one attached hydrogen (secondary N) is 1. The number of benzene rings is 1. The summed E-state index contributed by atoms with van der Waals surface area (Å²) in [4.78, 5) is 2.45. The molecule has 1 N–H and O–H groups in total. The van der Waals surface area contributed by atoms with E-state index in [1.54, 1.807) is 0 Å². The van der Waals surface area contributed by atoms with E-state index in [9.17, 15) is 0 Å². The summed E-state index contributed by atoms with van der Waals surface area (Å²) in [5.74, 6) is 1.95.